The zero-order valence-corrected chi connectivity index (χ0v) is 14.9. The number of halogens is 3. The molecule has 0 saturated heterocycles. The molecule has 0 aromatic heterocycles. The van der Waals surface area contributed by atoms with Gasteiger partial charge in [0.15, 0.2) is 5.96 Å². The Labute approximate surface area is 139 Å². The molecule has 0 fully saturated rings. The highest BCUT2D eigenvalue weighted by Crippen LogP contribution is 2.06. The van der Waals surface area contributed by atoms with Crippen LogP contribution in [-0.4, -0.2) is 31.5 Å². The van der Waals surface area contributed by atoms with Crippen LogP contribution in [0.15, 0.2) is 40.3 Å². The Bertz CT molecular complexity index is 434. The maximum Gasteiger partial charge on any atom is 0.193 e. The van der Waals surface area contributed by atoms with Crippen molar-refractivity contribution >= 4 is 45.9 Å². The fourth-order valence-corrected chi connectivity index (χ4v) is 1.64. The molecule has 1 aromatic rings. The molecule has 0 heterocycles. The summed E-state index contributed by atoms with van der Waals surface area (Å²) in [6, 6.07) is 6.45. The molecule has 1 rings (SSSR count). The zero-order valence-electron chi connectivity index (χ0n) is 11.0. The lowest BCUT2D eigenvalue weighted by Crippen LogP contribution is -2.38. The van der Waals surface area contributed by atoms with Crippen LogP contribution in [0.4, 0.5) is 4.39 Å². The van der Waals surface area contributed by atoms with E-state index in [1.807, 2.05) is 11.9 Å². The lowest BCUT2D eigenvalue weighted by molar-refractivity contribution is 0.479. The Balaban J connectivity index is 0.00000324. The molecular weight excluding hydrogens is 424 g/mol. The molecule has 1 aromatic carbocycles. The van der Waals surface area contributed by atoms with E-state index in [1.54, 1.807) is 19.2 Å². The monoisotopic (exact) mass is 441 g/mol. The van der Waals surface area contributed by atoms with Gasteiger partial charge in [-0.3, -0.25) is 4.99 Å². The highest BCUT2D eigenvalue weighted by atomic mass is 127. The second-order valence-electron chi connectivity index (χ2n) is 3.90. The summed E-state index contributed by atoms with van der Waals surface area (Å²) in [5.41, 5.74) is 1.03. The van der Waals surface area contributed by atoms with E-state index in [4.69, 9.17) is 0 Å². The summed E-state index contributed by atoms with van der Waals surface area (Å²) < 4.78 is 13.7. The molecular formula is C13H18BrFIN3. The average Bonchev–Trinajstić information content (AvgIpc) is 2.32. The third kappa shape index (κ3) is 6.91. The van der Waals surface area contributed by atoms with E-state index in [0.717, 1.165) is 16.0 Å². The SMILES string of the molecule is C=C(Br)CNC(=NC)N(C)Cc1ccc(F)cc1.I. The third-order valence-electron chi connectivity index (χ3n) is 2.34. The number of nitrogens with zero attached hydrogens (tertiary/aromatic N) is 2. The van der Waals surface area contributed by atoms with Crippen molar-refractivity contribution in [3.05, 3.63) is 46.7 Å². The molecule has 0 radical (unpaired) electrons. The molecule has 19 heavy (non-hydrogen) atoms. The number of aliphatic imine (C=N–C) groups is 1. The summed E-state index contributed by atoms with van der Waals surface area (Å²) in [4.78, 5) is 6.13. The van der Waals surface area contributed by atoms with E-state index in [9.17, 15) is 4.39 Å². The van der Waals surface area contributed by atoms with E-state index in [0.29, 0.717) is 13.1 Å². The smallest absolute Gasteiger partial charge is 0.193 e. The first-order valence-electron chi connectivity index (χ1n) is 5.52. The fourth-order valence-electron chi connectivity index (χ4n) is 1.50. The van der Waals surface area contributed by atoms with Crippen molar-refractivity contribution in [3.63, 3.8) is 0 Å². The molecule has 0 atom stereocenters. The van der Waals surface area contributed by atoms with Gasteiger partial charge in [0, 0.05) is 31.7 Å². The molecule has 1 N–H and O–H groups in total. The minimum Gasteiger partial charge on any atom is -0.352 e. The van der Waals surface area contributed by atoms with E-state index in [1.165, 1.54) is 12.1 Å². The third-order valence-corrected chi connectivity index (χ3v) is 2.63. The quantitative estimate of drug-likeness (QED) is 0.440. The summed E-state index contributed by atoms with van der Waals surface area (Å²) in [5, 5.41) is 3.16. The first kappa shape index (κ1) is 18.4. The second-order valence-corrected chi connectivity index (χ2v) is 5.02. The van der Waals surface area contributed by atoms with Gasteiger partial charge in [0.1, 0.15) is 5.82 Å². The first-order chi connectivity index (χ1) is 8.52. The van der Waals surface area contributed by atoms with Crippen LogP contribution in [0.5, 0.6) is 0 Å². The summed E-state index contributed by atoms with van der Waals surface area (Å²) in [7, 11) is 3.65. The van der Waals surface area contributed by atoms with Crippen molar-refractivity contribution in [1.82, 2.24) is 10.2 Å². The van der Waals surface area contributed by atoms with Crippen molar-refractivity contribution in [2.75, 3.05) is 20.6 Å². The standard InChI is InChI=1S/C13H17BrFN3.HI/c1-10(14)8-17-13(16-2)18(3)9-11-4-6-12(15)7-5-11;/h4-7H,1,8-9H2,2-3H3,(H,16,17);1H. The number of benzene rings is 1. The van der Waals surface area contributed by atoms with E-state index >= 15 is 0 Å². The lowest BCUT2D eigenvalue weighted by atomic mass is 10.2. The normalized spacial score (nSPS) is 10.6. The topological polar surface area (TPSA) is 27.6 Å². The van der Waals surface area contributed by atoms with Crippen molar-refractivity contribution in [2.45, 2.75) is 6.54 Å². The molecule has 0 unspecified atom stereocenters. The van der Waals surface area contributed by atoms with E-state index in [2.05, 4.69) is 32.8 Å². The highest BCUT2D eigenvalue weighted by molar-refractivity contribution is 14.0. The molecule has 0 aliphatic carbocycles. The Morgan fingerprint density at radius 1 is 1.42 bits per heavy atom. The maximum atomic E-state index is 12.8. The Hall–Kier alpha value is -0.630. The van der Waals surface area contributed by atoms with Gasteiger partial charge in [0.2, 0.25) is 0 Å². The summed E-state index contributed by atoms with van der Waals surface area (Å²) in [6.45, 7) is 5.03. The predicted molar refractivity (Wildman–Crippen MR) is 92.7 cm³/mol. The molecule has 0 spiro atoms. The molecule has 0 aliphatic heterocycles. The van der Waals surface area contributed by atoms with Crippen LogP contribution in [0.25, 0.3) is 0 Å². The molecule has 0 aliphatic rings. The molecule has 3 nitrogen and oxygen atoms in total. The van der Waals surface area contributed by atoms with Gasteiger partial charge < -0.3 is 10.2 Å². The Kier molecular flexibility index (Phi) is 8.99. The van der Waals surface area contributed by atoms with Gasteiger partial charge in [0.25, 0.3) is 0 Å². The molecule has 0 amide bonds. The molecule has 106 valence electrons. The van der Waals surface area contributed by atoms with Gasteiger partial charge in [-0.15, -0.1) is 24.0 Å². The minimum absolute atomic E-state index is 0. The molecule has 6 heteroatoms. The van der Waals surface area contributed by atoms with Crippen LogP contribution < -0.4 is 5.32 Å². The van der Waals surface area contributed by atoms with Crippen LogP contribution in [0.3, 0.4) is 0 Å². The van der Waals surface area contributed by atoms with Crippen molar-refractivity contribution < 1.29 is 4.39 Å². The molecule has 0 saturated carbocycles. The zero-order chi connectivity index (χ0) is 13.5. The van der Waals surface area contributed by atoms with Gasteiger partial charge in [-0.05, 0) is 17.7 Å². The Morgan fingerprint density at radius 2 is 2.00 bits per heavy atom. The minimum atomic E-state index is -0.223. The highest BCUT2D eigenvalue weighted by Gasteiger charge is 2.06. The largest absolute Gasteiger partial charge is 0.352 e. The maximum absolute atomic E-state index is 12.8. The predicted octanol–water partition coefficient (Wildman–Crippen LogP) is 3.36. The fraction of sp³-hybridized carbons (Fsp3) is 0.308. The number of rotatable bonds is 4. The number of hydrogen-bond donors (Lipinski definition) is 1. The van der Waals surface area contributed by atoms with Gasteiger partial charge in [-0.2, -0.15) is 0 Å². The van der Waals surface area contributed by atoms with Crippen LogP contribution in [0, 0.1) is 5.82 Å². The van der Waals surface area contributed by atoms with E-state index in [-0.39, 0.29) is 29.8 Å². The van der Waals surface area contributed by atoms with Crippen molar-refractivity contribution in [1.29, 1.82) is 0 Å². The Morgan fingerprint density at radius 3 is 2.47 bits per heavy atom. The van der Waals surface area contributed by atoms with Gasteiger partial charge in [0.05, 0.1) is 0 Å². The van der Waals surface area contributed by atoms with Gasteiger partial charge in [-0.1, -0.05) is 34.6 Å². The van der Waals surface area contributed by atoms with Gasteiger partial charge in [-0.25, -0.2) is 4.39 Å². The van der Waals surface area contributed by atoms with Crippen LogP contribution in [0.1, 0.15) is 5.56 Å². The summed E-state index contributed by atoms with van der Waals surface area (Å²) >= 11 is 3.28. The average molecular weight is 442 g/mol. The number of guanidine groups is 1. The molecule has 0 bridgehead atoms. The van der Waals surface area contributed by atoms with Crippen LogP contribution >= 0.6 is 39.9 Å². The van der Waals surface area contributed by atoms with Crippen LogP contribution in [-0.2, 0) is 6.54 Å². The van der Waals surface area contributed by atoms with Crippen molar-refractivity contribution in [3.8, 4) is 0 Å². The number of nitrogens with one attached hydrogen (secondary N) is 1. The van der Waals surface area contributed by atoms with Gasteiger partial charge >= 0.3 is 0 Å². The van der Waals surface area contributed by atoms with Crippen molar-refractivity contribution in [2.24, 2.45) is 4.99 Å². The number of hydrogen-bond acceptors (Lipinski definition) is 1. The van der Waals surface area contributed by atoms with Crippen LogP contribution in [0.2, 0.25) is 0 Å². The first-order valence-corrected chi connectivity index (χ1v) is 6.31. The lowest BCUT2D eigenvalue weighted by Gasteiger charge is -2.22. The van der Waals surface area contributed by atoms with E-state index < -0.39 is 0 Å². The summed E-state index contributed by atoms with van der Waals surface area (Å²) in [5.74, 6) is 0.541. The summed E-state index contributed by atoms with van der Waals surface area (Å²) in [6.07, 6.45) is 0. The second kappa shape index (κ2) is 9.30.